The van der Waals surface area contributed by atoms with E-state index in [-0.39, 0.29) is 24.5 Å². The van der Waals surface area contributed by atoms with Gasteiger partial charge < -0.3 is 15.0 Å². The Morgan fingerprint density at radius 1 is 1.17 bits per heavy atom. The lowest BCUT2D eigenvalue weighted by Crippen LogP contribution is -2.15. The van der Waals surface area contributed by atoms with Crippen LogP contribution in [0.5, 0.6) is 0 Å². The minimum Gasteiger partial charge on any atom is -0.465 e. The van der Waals surface area contributed by atoms with Crippen molar-refractivity contribution in [2.45, 2.75) is 6.54 Å². The SMILES string of the molecule is COC(=O)c1ccccc1NCc1nc2ccccc2c(=O)[nH]1.Cl. The average Bonchev–Trinajstić information content (AvgIpc) is 2.59. The van der Waals surface area contributed by atoms with E-state index in [0.717, 1.165) is 0 Å². The van der Waals surface area contributed by atoms with Gasteiger partial charge in [-0.3, -0.25) is 4.79 Å². The molecule has 0 spiro atoms. The van der Waals surface area contributed by atoms with Crippen molar-refractivity contribution in [2.24, 2.45) is 0 Å². The van der Waals surface area contributed by atoms with Crippen molar-refractivity contribution in [2.75, 3.05) is 12.4 Å². The first-order valence-corrected chi connectivity index (χ1v) is 7.08. The molecule has 3 rings (SSSR count). The molecule has 0 bridgehead atoms. The van der Waals surface area contributed by atoms with Crippen molar-refractivity contribution >= 4 is 35.0 Å². The molecule has 0 saturated carbocycles. The van der Waals surface area contributed by atoms with Crippen LogP contribution in [0.4, 0.5) is 5.69 Å². The van der Waals surface area contributed by atoms with Crippen molar-refractivity contribution in [3.8, 4) is 0 Å². The summed E-state index contributed by atoms with van der Waals surface area (Å²) in [6, 6.07) is 14.2. The minimum atomic E-state index is -0.423. The van der Waals surface area contributed by atoms with Crippen molar-refractivity contribution in [1.82, 2.24) is 9.97 Å². The second kappa shape index (κ2) is 7.61. The zero-order valence-corrected chi connectivity index (χ0v) is 13.7. The second-order valence-electron chi connectivity index (χ2n) is 4.92. The number of hydrogen-bond acceptors (Lipinski definition) is 5. The molecule has 2 aromatic carbocycles. The zero-order chi connectivity index (χ0) is 16.2. The number of fused-ring (bicyclic) bond motifs is 1. The van der Waals surface area contributed by atoms with Gasteiger partial charge in [0.2, 0.25) is 0 Å². The van der Waals surface area contributed by atoms with Crippen molar-refractivity contribution in [3.05, 3.63) is 70.3 Å². The summed E-state index contributed by atoms with van der Waals surface area (Å²) >= 11 is 0. The molecule has 0 amide bonds. The van der Waals surface area contributed by atoms with E-state index in [9.17, 15) is 9.59 Å². The third kappa shape index (κ3) is 3.55. The van der Waals surface area contributed by atoms with E-state index in [1.54, 1.807) is 36.4 Å². The maximum Gasteiger partial charge on any atom is 0.339 e. The Labute approximate surface area is 144 Å². The highest BCUT2D eigenvalue weighted by molar-refractivity contribution is 5.95. The van der Waals surface area contributed by atoms with Crippen LogP contribution in [0.2, 0.25) is 0 Å². The number of aromatic amines is 1. The van der Waals surface area contributed by atoms with Crippen LogP contribution in [0.1, 0.15) is 16.2 Å². The summed E-state index contributed by atoms with van der Waals surface area (Å²) in [5.74, 6) is 0.0708. The molecule has 0 radical (unpaired) electrons. The number of aromatic nitrogens is 2. The molecule has 0 aliphatic carbocycles. The first-order valence-electron chi connectivity index (χ1n) is 7.08. The fourth-order valence-electron chi connectivity index (χ4n) is 2.32. The van der Waals surface area contributed by atoms with Gasteiger partial charge >= 0.3 is 5.97 Å². The Balaban J connectivity index is 0.00000208. The molecule has 2 N–H and O–H groups in total. The Hall–Kier alpha value is -2.86. The summed E-state index contributed by atoms with van der Waals surface area (Å²) in [5, 5.41) is 3.65. The number of halogens is 1. The van der Waals surface area contributed by atoms with Crippen LogP contribution < -0.4 is 10.9 Å². The number of carbonyl (C=O) groups excluding carboxylic acids is 1. The number of benzene rings is 2. The van der Waals surface area contributed by atoms with Gasteiger partial charge in [-0.15, -0.1) is 12.4 Å². The molecule has 1 heterocycles. The fraction of sp³-hybridized carbons (Fsp3) is 0.118. The van der Waals surface area contributed by atoms with Gasteiger partial charge in [0.25, 0.3) is 5.56 Å². The van der Waals surface area contributed by atoms with Crippen molar-refractivity contribution in [3.63, 3.8) is 0 Å². The third-order valence-electron chi connectivity index (χ3n) is 3.44. The number of esters is 1. The number of nitrogens with one attached hydrogen (secondary N) is 2. The van der Waals surface area contributed by atoms with Crippen molar-refractivity contribution in [1.29, 1.82) is 0 Å². The molecule has 6 nitrogen and oxygen atoms in total. The molecule has 0 aliphatic rings. The maximum atomic E-state index is 12.0. The molecule has 0 saturated heterocycles. The molecule has 0 aliphatic heterocycles. The number of hydrogen-bond donors (Lipinski definition) is 2. The highest BCUT2D eigenvalue weighted by atomic mass is 35.5. The van der Waals surface area contributed by atoms with E-state index in [4.69, 9.17) is 4.74 Å². The average molecular weight is 346 g/mol. The number of carbonyl (C=O) groups is 1. The van der Waals surface area contributed by atoms with Gasteiger partial charge in [-0.1, -0.05) is 24.3 Å². The van der Waals surface area contributed by atoms with Gasteiger partial charge in [-0.2, -0.15) is 0 Å². The van der Waals surface area contributed by atoms with Crippen LogP contribution >= 0.6 is 12.4 Å². The highest BCUT2D eigenvalue weighted by Gasteiger charge is 2.11. The summed E-state index contributed by atoms with van der Waals surface area (Å²) in [6.07, 6.45) is 0. The summed E-state index contributed by atoms with van der Waals surface area (Å²) < 4.78 is 4.75. The fourth-order valence-corrected chi connectivity index (χ4v) is 2.32. The number of nitrogens with zero attached hydrogens (tertiary/aromatic N) is 1. The van der Waals surface area contributed by atoms with Crippen LogP contribution in [0.25, 0.3) is 10.9 Å². The van der Waals surface area contributed by atoms with Crippen LogP contribution in [-0.2, 0) is 11.3 Å². The summed E-state index contributed by atoms with van der Waals surface area (Å²) in [6.45, 7) is 0.286. The largest absolute Gasteiger partial charge is 0.465 e. The first kappa shape index (κ1) is 17.5. The van der Waals surface area contributed by atoms with Crippen LogP contribution in [-0.4, -0.2) is 23.0 Å². The molecular formula is C17H16ClN3O3. The summed E-state index contributed by atoms with van der Waals surface area (Å²) in [4.78, 5) is 30.9. The summed E-state index contributed by atoms with van der Waals surface area (Å²) in [5.41, 5.74) is 1.50. The predicted molar refractivity (Wildman–Crippen MR) is 94.7 cm³/mol. The quantitative estimate of drug-likeness (QED) is 0.710. The van der Waals surface area contributed by atoms with E-state index in [0.29, 0.717) is 28.0 Å². The molecule has 1 aromatic heterocycles. The predicted octanol–water partition coefficient (Wildman–Crippen LogP) is 2.74. The standard InChI is InChI=1S/C17H15N3O3.ClH/c1-23-17(22)12-7-3-4-8-13(12)18-10-15-19-14-9-5-2-6-11(14)16(21)20-15;/h2-9,18H,10H2,1H3,(H,19,20,21);1H. The third-order valence-corrected chi connectivity index (χ3v) is 3.44. The van der Waals surface area contributed by atoms with Gasteiger partial charge in [0.15, 0.2) is 0 Å². The van der Waals surface area contributed by atoms with Gasteiger partial charge in [0, 0.05) is 5.69 Å². The second-order valence-corrected chi connectivity index (χ2v) is 4.92. The normalized spacial score (nSPS) is 10.0. The molecule has 0 unspecified atom stereocenters. The number of para-hydroxylation sites is 2. The molecule has 124 valence electrons. The Kier molecular flexibility index (Phi) is 5.55. The smallest absolute Gasteiger partial charge is 0.339 e. The number of ether oxygens (including phenoxy) is 1. The Bertz CT molecular complexity index is 924. The van der Waals surface area contributed by atoms with Gasteiger partial charge in [0.1, 0.15) is 5.82 Å². The number of rotatable bonds is 4. The molecule has 0 atom stereocenters. The number of H-pyrrole nitrogens is 1. The molecule has 0 fully saturated rings. The van der Waals surface area contributed by atoms with E-state index >= 15 is 0 Å². The number of methoxy groups -OCH3 is 1. The first-order chi connectivity index (χ1) is 11.2. The monoisotopic (exact) mass is 345 g/mol. The highest BCUT2D eigenvalue weighted by Crippen LogP contribution is 2.16. The lowest BCUT2D eigenvalue weighted by molar-refractivity contribution is 0.0602. The van der Waals surface area contributed by atoms with E-state index < -0.39 is 5.97 Å². The molecular weight excluding hydrogens is 330 g/mol. The van der Waals surface area contributed by atoms with Crippen LogP contribution in [0.15, 0.2) is 53.3 Å². The Morgan fingerprint density at radius 2 is 1.88 bits per heavy atom. The van der Waals surface area contributed by atoms with Gasteiger partial charge in [-0.25, -0.2) is 9.78 Å². The minimum absolute atomic E-state index is 0. The molecule has 3 aromatic rings. The molecule has 24 heavy (non-hydrogen) atoms. The van der Waals surface area contributed by atoms with E-state index in [2.05, 4.69) is 15.3 Å². The lowest BCUT2D eigenvalue weighted by Gasteiger charge is -2.10. The molecule has 7 heteroatoms. The zero-order valence-electron chi connectivity index (χ0n) is 12.9. The Morgan fingerprint density at radius 3 is 2.67 bits per heavy atom. The summed E-state index contributed by atoms with van der Waals surface area (Å²) in [7, 11) is 1.33. The number of anilines is 1. The maximum absolute atomic E-state index is 12.0. The lowest BCUT2D eigenvalue weighted by atomic mass is 10.2. The van der Waals surface area contributed by atoms with Gasteiger partial charge in [0.05, 0.1) is 30.1 Å². The van der Waals surface area contributed by atoms with E-state index in [1.165, 1.54) is 7.11 Å². The van der Waals surface area contributed by atoms with Crippen LogP contribution in [0.3, 0.4) is 0 Å². The van der Waals surface area contributed by atoms with Gasteiger partial charge in [-0.05, 0) is 24.3 Å². The van der Waals surface area contributed by atoms with Crippen molar-refractivity contribution < 1.29 is 9.53 Å². The van der Waals surface area contributed by atoms with E-state index in [1.807, 2.05) is 12.1 Å². The van der Waals surface area contributed by atoms with Crippen LogP contribution in [0, 0.1) is 0 Å². The topological polar surface area (TPSA) is 84.1 Å².